The predicted octanol–water partition coefficient (Wildman–Crippen LogP) is 4.32. The molecular formula is C21H17NO2. The first-order valence-corrected chi connectivity index (χ1v) is 7.58. The van der Waals surface area contributed by atoms with Crippen molar-refractivity contribution in [2.45, 2.75) is 6.61 Å². The minimum Gasteiger partial charge on any atom is -0.495 e. The van der Waals surface area contributed by atoms with Crippen LogP contribution in [0.15, 0.2) is 66.9 Å². The van der Waals surface area contributed by atoms with Crippen molar-refractivity contribution in [2.75, 3.05) is 7.11 Å². The maximum atomic E-state index is 5.70. The Bertz CT molecular complexity index is 849. The normalized spacial score (nSPS) is 10.0. The number of terminal acetylenes is 1. The highest BCUT2D eigenvalue weighted by Crippen LogP contribution is 2.26. The van der Waals surface area contributed by atoms with E-state index in [0.717, 1.165) is 22.3 Å². The molecule has 0 atom stereocenters. The standard InChI is InChI=1S/C21H17NO2/c1-3-17-13-18(9-11-20(17)23-2)19-10-12-21(22-14-19)24-15-16-7-5-4-6-8-16/h1,4-14H,15H2,2H3. The van der Waals surface area contributed by atoms with Crippen LogP contribution >= 0.6 is 0 Å². The first-order valence-electron chi connectivity index (χ1n) is 7.58. The monoisotopic (exact) mass is 315 g/mol. The van der Waals surface area contributed by atoms with Gasteiger partial charge in [0.05, 0.1) is 12.7 Å². The molecular weight excluding hydrogens is 298 g/mol. The SMILES string of the molecule is C#Cc1cc(-c2ccc(OCc3ccccc3)nc2)ccc1OC. The van der Waals surface area contributed by atoms with Crippen LogP contribution in [0.2, 0.25) is 0 Å². The first kappa shape index (κ1) is 15.6. The molecule has 0 N–H and O–H groups in total. The quantitative estimate of drug-likeness (QED) is 0.657. The van der Waals surface area contributed by atoms with Gasteiger partial charge in [0.15, 0.2) is 0 Å². The second-order valence-corrected chi connectivity index (χ2v) is 5.22. The third-order valence-corrected chi connectivity index (χ3v) is 3.65. The second-order valence-electron chi connectivity index (χ2n) is 5.22. The Hall–Kier alpha value is -3.25. The average Bonchev–Trinajstić information content (AvgIpc) is 2.67. The van der Waals surface area contributed by atoms with E-state index >= 15 is 0 Å². The molecule has 3 rings (SSSR count). The summed E-state index contributed by atoms with van der Waals surface area (Å²) in [4.78, 5) is 4.36. The summed E-state index contributed by atoms with van der Waals surface area (Å²) in [5, 5.41) is 0. The van der Waals surface area contributed by atoms with Crippen LogP contribution in [-0.4, -0.2) is 12.1 Å². The lowest BCUT2D eigenvalue weighted by Gasteiger charge is -2.08. The Labute approximate surface area is 141 Å². The molecule has 0 amide bonds. The fraction of sp³-hybridized carbons (Fsp3) is 0.0952. The Kier molecular flexibility index (Phi) is 4.78. The minimum absolute atomic E-state index is 0.497. The van der Waals surface area contributed by atoms with Gasteiger partial charge in [-0.15, -0.1) is 6.42 Å². The smallest absolute Gasteiger partial charge is 0.213 e. The van der Waals surface area contributed by atoms with Crippen LogP contribution in [0.4, 0.5) is 0 Å². The van der Waals surface area contributed by atoms with Gasteiger partial charge in [-0.25, -0.2) is 4.98 Å². The van der Waals surface area contributed by atoms with Gasteiger partial charge < -0.3 is 9.47 Å². The number of methoxy groups -OCH3 is 1. The van der Waals surface area contributed by atoms with Crippen LogP contribution in [0.5, 0.6) is 11.6 Å². The summed E-state index contributed by atoms with van der Waals surface area (Å²) < 4.78 is 10.9. The molecule has 0 saturated heterocycles. The molecule has 0 fully saturated rings. The van der Waals surface area contributed by atoms with Gasteiger partial charge >= 0.3 is 0 Å². The molecule has 2 aromatic carbocycles. The lowest BCUT2D eigenvalue weighted by atomic mass is 10.0. The zero-order valence-corrected chi connectivity index (χ0v) is 13.4. The maximum Gasteiger partial charge on any atom is 0.213 e. The molecule has 24 heavy (non-hydrogen) atoms. The number of pyridine rings is 1. The number of hydrogen-bond donors (Lipinski definition) is 0. The van der Waals surface area contributed by atoms with Crippen molar-refractivity contribution in [3.63, 3.8) is 0 Å². The van der Waals surface area contributed by atoms with E-state index in [4.69, 9.17) is 15.9 Å². The van der Waals surface area contributed by atoms with Crippen molar-refractivity contribution in [1.82, 2.24) is 4.98 Å². The van der Waals surface area contributed by atoms with E-state index in [1.807, 2.05) is 60.7 Å². The van der Waals surface area contributed by atoms with Gasteiger partial charge in [0.2, 0.25) is 5.88 Å². The molecule has 1 aromatic heterocycles. The number of rotatable bonds is 5. The van der Waals surface area contributed by atoms with Crippen LogP contribution in [0.1, 0.15) is 11.1 Å². The van der Waals surface area contributed by atoms with Gasteiger partial charge in [-0.1, -0.05) is 42.3 Å². The summed E-state index contributed by atoms with van der Waals surface area (Å²) in [6.07, 6.45) is 7.31. The summed E-state index contributed by atoms with van der Waals surface area (Å²) in [7, 11) is 1.61. The van der Waals surface area contributed by atoms with Gasteiger partial charge in [0.1, 0.15) is 12.4 Å². The summed E-state index contributed by atoms with van der Waals surface area (Å²) in [6, 6.07) is 19.6. The molecule has 118 valence electrons. The summed E-state index contributed by atoms with van der Waals surface area (Å²) in [5.41, 5.74) is 3.80. The van der Waals surface area contributed by atoms with E-state index in [2.05, 4.69) is 10.9 Å². The average molecular weight is 315 g/mol. The number of hydrogen-bond acceptors (Lipinski definition) is 3. The van der Waals surface area contributed by atoms with Crippen molar-refractivity contribution in [2.24, 2.45) is 0 Å². The molecule has 0 aliphatic rings. The summed E-state index contributed by atoms with van der Waals surface area (Å²) in [5.74, 6) is 3.92. The van der Waals surface area contributed by atoms with E-state index in [0.29, 0.717) is 18.2 Å². The van der Waals surface area contributed by atoms with E-state index < -0.39 is 0 Å². The fourth-order valence-corrected chi connectivity index (χ4v) is 2.37. The van der Waals surface area contributed by atoms with E-state index in [9.17, 15) is 0 Å². The van der Waals surface area contributed by atoms with Crippen molar-refractivity contribution < 1.29 is 9.47 Å². The predicted molar refractivity (Wildman–Crippen MR) is 94.9 cm³/mol. The van der Waals surface area contributed by atoms with Crippen LogP contribution in [-0.2, 0) is 6.61 Å². The number of aromatic nitrogens is 1. The fourth-order valence-electron chi connectivity index (χ4n) is 2.37. The molecule has 0 spiro atoms. The number of benzene rings is 2. The first-order chi connectivity index (χ1) is 11.8. The Morgan fingerprint density at radius 1 is 1.00 bits per heavy atom. The second kappa shape index (κ2) is 7.34. The highest BCUT2D eigenvalue weighted by molar-refractivity contribution is 5.67. The molecule has 3 nitrogen and oxygen atoms in total. The summed E-state index contributed by atoms with van der Waals surface area (Å²) >= 11 is 0. The number of nitrogens with zero attached hydrogens (tertiary/aromatic N) is 1. The molecule has 3 aromatic rings. The Balaban J connectivity index is 1.74. The molecule has 0 unspecified atom stereocenters. The van der Waals surface area contributed by atoms with Gasteiger partial charge in [-0.3, -0.25) is 0 Å². The van der Waals surface area contributed by atoms with Crippen molar-refractivity contribution in [3.8, 4) is 35.1 Å². The van der Waals surface area contributed by atoms with Gasteiger partial charge in [-0.05, 0) is 29.3 Å². The molecule has 0 aliphatic carbocycles. The van der Waals surface area contributed by atoms with Crippen molar-refractivity contribution in [1.29, 1.82) is 0 Å². The highest BCUT2D eigenvalue weighted by Gasteiger charge is 2.05. The molecule has 1 heterocycles. The molecule has 0 bridgehead atoms. The largest absolute Gasteiger partial charge is 0.495 e. The lowest BCUT2D eigenvalue weighted by Crippen LogP contribution is -1.96. The van der Waals surface area contributed by atoms with E-state index in [1.165, 1.54) is 0 Å². The van der Waals surface area contributed by atoms with Crippen LogP contribution < -0.4 is 9.47 Å². The Morgan fingerprint density at radius 3 is 2.46 bits per heavy atom. The summed E-state index contributed by atoms with van der Waals surface area (Å²) in [6.45, 7) is 0.497. The highest BCUT2D eigenvalue weighted by atomic mass is 16.5. The third-order valence-electron chi connectivity index (χ3n) is 3.65. The van der Waals surface area contributed by atoms with E-state index in [-0.39, 0.29) is 0 Å². The third kappa shape index (κ3) is 3.56. The maximum absolute atomic E-state index is 5.70. The topological polar surface area (TPSA) is 31.4 Å². The van der Waals surface area contributed by atoms with Crippen molar-refractivity contribution >= 4 is 0 Å². The van der Waals surface area contributed by atoms with Crippen molar-refractivity contribution in [3.05, 3.63) is 78.0 Å². The zero-order chi connectivity index (χ0) is 16.8. The molecule has 0 aliphatic heterocycles. The minimum atomic E-state index is 0.497. The molecule has 3 heteroatoms. The zero-order valence-electron chi connectivity index (χ0n) is 13.4. The van der Waals surface area contributed by atoms with Gasteiger partial charge in [-0.2, -0.15) is 0 Å². The van der Waals surface area contributed by atoms with Crippen LogP contribution in [0.3, 0.4) is 0 Å². The lowest BCUT2D eigenvalue weighted by molar-refractivity contribution is 0.294. The Morgan fingerprint density at radius 2 is 1.79 bits per heavy atom. The van der Waals surface area contributed by atoms with Gasteiger partial charge in [0, 0.05) is 17.8 Å². The van der Waals surface area contributed by atoms with Crippen LogP contribution in [0, 0.1) is 12.3 Å². The molecule has 0 radical (unpaired) electrons. The van der Waals surface area contributed by atoms with Gasteiger partial charge in [0.25, 0.3) is 0 Å². The van der Waals surface area contributed by atoms with Crippen LogP contribution in [0.25, 0.3) is 11.1 Å². The van der Waals surface area contributed by atoms with E-state index in [1.54, 1.807) is 13.3 Å². The number of ether oxygens (including phenoxy) is 2. The molecule has 0 saturated carbocycles.